The van der Waals surface area contributed by atoms with Gasteiger partial charge in [-0.2, -0.15) is 5.10 Å². The highest BCUT2D eigenvalue weighted by molar-refractivity contribution is 9.10. The minimum Gasteiger partial charge on any atom is -0.321 e. The van der Waals surface area contributed by atoms with Gasteiger partial charge >= 0.3 is 0 Å². The summed E-state index contributed by atoms with van der Waals surface area (Å²) >= 11 is 3.37. The molecule has 2 atom stereocenters. The van der Waals surface area contributed by atoms with Gasteiger partial charge < -0.3 is 5.73 Å². The summed E-state index contributed by atoms with van der Waals surface area (Å²) in [7, 11) is 0. The highest BCUT2D eigenvalue weighted by atomic mass is 79.9. The van der Waals surface area contributed by atoms with E-state index in [-0.39, 0.29) is 11.7 Å². The third-order valence-corrected chi connectivity index (χ3v) is 3.60. The summed E-state index contributed by atoms with van der Waals surface area (Å²) in [5.41, 5.74) is 6.58. The first-order valence-corrected chi connectivity index (χ1v) is 6.83. The van der Waals surface area contributed by atoms with Crippen LogP contribution >= 0.6 is 15.9 Å². The summed E-state index contributed by atoms with van der Waals surface area (Å²) in [6, 6.07) is -0.455. The van der Waals surface area contributed by atoms with Crippen LogP contribution in [0.25, 0.3) is 0 Å². The van der Waals surface area contributed by atoms with E-state index in [9.17, 15) is 4.79 Å². The molecule has 96 valence electrons. The number of hydrogen-bond donors (Lipinski definition) is 1. The molecule has 0 amide bonds. The number of aromatic nitrogens is 2. The summed E-state index contributed by atoms with van der Waals surface area (Å²) in [5.74, 6) is 0.150. The molecule has 1 aromatic rings. The van der Waals surface area contributed by atoms with Crippen molar-refractivity contribution in [2.75, 3.05) is 0 Å². The number of aryl methyl sites for hydroxylation is 1. The van der Waals surface area contributed by atoms with Crippen LogP contribution in [0.3, 0.4) is 0 Å². The predicted molar refractivity (Wildman–Crippen MR) is 72.0 cm³/mol. The van der Waals surface area contributed by atoms with Crippen LogP contribution in [0, 0.1) is 5.92 Å². The first kappa shape index (κ1) is 14.4. The quantitative estimate of drug-likeness (QED) is 0.822. The van der Waals surface area contributed by atoms with Crippen molar-refractivity contribution >= 4 is 21.7 Å². The van der Waals surface area contributed by atoms with Gasteiger partial charge in [-0.1, -0.05) is 27.2 Å². The number of hydrogen-bond acceptors (Lipinski definition) is 3. The molecule has 1 heterocycles. The normalized spacial score (nSPS) is 14.6. The van der Waals surface area contributed by atoms with Crippen LogP contribution in [0.1, 0.15) is 44.1 Å². The van der Waals surface area contributed by atoms with Crippen LogP contribution in [0.5, 0.6) is 0 Å². The van der Waals surface area contributed by atoms with E-state index >= 15 is 0 Å². The molecule has 0 saturated carbocycles. The number of ketones is 1. The Bertz CT molecular complexity index is 389. The molecular weight excluding hydrogens is 282 g/mol. The number of carbonyl (C=O) groups is 1. The summed E-state index contributed by atoms with van der Waals surface area (Å²) in [5, 5.41) is 4.19. The molecule has 2 unspecified atom stereocenters. The second-order valence-electron chi connectivity index (χ2n) is 4.34. The van der Waals surface area contributed by atoms with Crippen molar-refractivity contribution in [3.05, 3.63) is 16.4 Å². The van der Waals surface area contributed by atoms with E-state index in [0.29, 0.717) is 5.69 Å². The average Bonchev–Trinajstić information content (AvgIpc) is 2.68. The van der Waals surface area contributed by atoms with Gasteiger partial charge in [-0.05, 0) is 28.3 Å². The summed E-state index contributed by atoms with van der Waals surface area (Å²) in [6.07, 6.45) is 3.49. The number of halogens is 1. The molecular formula is C12H20BrN3O. The lowest BCUT2D eigenvalue weighted by atomic mass is 9.95. The van der Waals surface area contributed by atoms with E-state index in [1.807, 2.05) is 13.8 Å². The third-order valence-electron chi connectivity index (χ3n) is 3.02. The van der Waals surface area contributed by atoms with Crippen molar-refractivity contribution in [1.82, 2.24) is 9.78 Å². The zero-order valence-corrected chi connectivity index (χ0v) is 12.2. The SMILES string of the molecule is CCCn1ncc(Br)c1C(=O)C(N)C(C)CC. The molecule has 0 fully saturated rings. The molecule has 0 aliphatic heterocycles. The van der Waals surface area contributed by atoms with Crippen molar-refractivity contribution in [3.63, 3.8) is 0 Å². The monoisotopic (exact) mass is 301 g/mol. The van der Waals surface area contributed by atoms with Gasteiger partial charge in [0.15, 0.2) is 5.78 Å². The van der Waals surface area contributed by atoms with Crippen molar-refractivity contribution < 1.29 is 4.79 Å². The van der Waals surface area contributed by atoms with Crippen LogP contribution < -0.4 is 5.73 Å². The van der Waals surface area contributed by atoms with Crippen molar-refractivity contribution in [1.29, 1.82) is 0 Å². The number of rotatable bonds is 6. The zero-order valence-electron chi connectivity index (χ0n) is 10.6. The second kappa shape index (κ2) is 6.31. The van der Waals surface area contributed by atoms with E-state index in [1.54, 1.807) is 10.9 Å². The largest absolute Gasteiger partial charge is 0.321 e. The molecule has 0 aliphatic carbocycles. The Morgan fingerprint density at radius 1 is 1.59 bits per heavy atom. The molecule has 2 N–H and O–H groups in total. The van der Waals surface area contributed by atoms with E-state index in [0.717, 1.165) is 23.9 Å². The fourth-order valence-corrected chi connectivity index (χ4v) is 2.15. The van der Waals surface area contributed by atoms with Gasteiger partial charge in [0.2, 0.25) is 0 Å². The van der Waals surface area contributed by atoms with E-state index in [1.165, 1.54) is 0 Å². The first-order valence-electron chi connectivity index (χ1n) is 6.03. The van der Waals surface area contributed by atoms with E-state index in [4.69, 9.17) is 5.73 Å². The predicted octanol–water partition coefficient (Wildman–Crippen LogP) is 2.61. The molecule has 1 rings (SSSR count). The summed E-state index contributed by atoms with van der Waals surface area (Å²) < 4.78 is 2.46. The maximum atomic E-state index is 12.3. The van der Waals surface area contributed by atoms with Crippen LogP contribution in [0.2, 0.25) is 0 Å². The minimum absolute atomic E-state index is 0.0304. The highest BCUT2D eigenvalue weighted by Gasteiger charge is 2.26. The molecule has 4 nitrogen and oxygen atoms in total. The Balaban J connectivity index is 2.98. The number of carbonyl (C=O) groups excluding carboxylic acids is 1. The van der Waals surface area contributed by atoms with Crippen molar-refractivity contribution in [3.8, 4) is 0 Å². The van der Waals surface area contributed by atoms with Gasteiger partial charge in [0.05, 0.1) is 16.7 Å². The standard InChI is InChI=1S/C12H20BrN3O/c1-4-6-16-11(9(13)7-15-16)12(17)10(14)8(3)5-2/h7-8,10H,4-6,14H2,1-3H3. The van der Waals surface area contributed by atoms with Gasteiger partial charge in [0, 0.05) is 6.54 Å². The summed E-state index contributed by atoms with van der Waals surface area (Å²) in [4.78, 5) is 12.3. The Morgan fingerprint density at radius 2 is 2.24 bits per heavy atom. The minimum atomic E-state index is -0.455. The van der Waals surface area contributed by atoms with Crippen LogP contribution in [0.4, 0.5) is 0 Å². The number of Topliss-reactive ketones (excluding diaryl/α,β-unsaturated/α-hetero) is 1. The maximum absolute atomic E-state index is 12.3. The smallest absolute Gasteiger partial charge is 0.198 e. The van der Waals surface area contributed by atoms with Crippen LogP contribution in [-0.2, 0) is 6.54 Å². The maximum Gasteiger partial charge on any atom is 0.198 e. The lowest BCUT2D eigenvalue weighted by Crippen LogP contribution is -2.38. The molecule has 0 saturated heterocycles. The molecule has 1 aromatic heterocycles. The molecule has 0 aromatic carbocycles. The van der Waals surface area contributed by atoms with Gasteiger partial charge in [0.1, 0.15) is 5.69 Å². The molecule has 17 heavy (non-hydrogen) atoms. The lowest BCUT2D eigenvalue weighted by molar-refractivity contribution is 0.0923. The Morgan fingerprint density at radius 3 is 2.76 bits per heavy atom. The Labute approximate surface area is 111 Å². The summed E-state index contributed by atoms with van der Waals surface area (Å²) in [6.45, 7) is 6.82. The highest BCUT2D eigenvalue weighted by Crippen LogP contribution is 2.20. The zero-order chi connectivity index (χ0) is 13.0. The number of nitrogens with two attached hydrogens (primary N) is 1. The van der Waals surface area contributed by atoms with Crippen LogP contribution in [-0.4, -0.2) is 21.6 Å². The van der Waals surface area contributed by atoms with Gasteiger partial charge in [-0.25, -0.2) is 0 Å². The van der Waals surface area contributed by atoms with Gasteiger partial charge in [-0.15, -0.1) is 0 Å². The average molecular weight is 302 g/mol. The van der Waals surface area contributed by atoms with Gasteiger partial charge in [0.25, 0.3) is 0 Å². The Hall–Kier alpha value is -0.680. The first-order chi connectivity index (χ1) is 8.02. The second-order valence-corrected chi connectivity index (χ2v) is 5.19. The van der Waals surface area contributed by atoms with Crippen LogP contribution in [0.15, 0.2) is 10.7 Å². The number of nitrogens with zero attached hydrogens (tertiary/aromatic N) is 2. The fraction of sp³-hybridized carbons (Fsp3) is 0.667. The van der Waals surface area contributed by atoms with Gasteiger partial charge in [-0.3, -0.25) is 9.48 Å². The third kappa shape index (κ3) is 3.16. The Kier molecular flexibility index (Phi) is 5.33. The molecule has 5 heteroatoms. The van der Waals surface area contributed by atoms with Crippen molar-refractivity contribution in [2.45, 2.75) is 46.2 Å². The van der Waals surface area contributed by atoms with Crippen molar-refractivity contribution in [2.24, 2.45) is 11.7 Å². The lowest BCUT2D eigenvalue weighted by Gasteiger charge is -2.17. The van der Waals surface area contributed by atoms with E-state index in [2.05, 4.69) is 28.0 Å². The molecule has 0 bridgehead atoms. The molecule has 0 aliphatic rings. The molecule has 0 radical (unpaired) electrons. The van der Waals surface area contributed by atoms with E-state index < -0.39 is 6.04 Å². The fourth-order valence-electron chi connectivity index (χ4n) is 1.66. The topological polar surface area (TPSA) is 60.9 Å². The molecule has 0 spiro atoms.